The lowest BCUT2D eigenvalue weighted by atomic mass is 9.94. The van der Waals surface area contributed by atoms with Gasteiger partial charge in [-0.1, -0.05) is 13.8 Å². The van der Waals surface area contributed by atoms with Gasteiger partial charge in [0.2, 0.25) is 5.91 Å². The predicted octanol–water partition coefficient (Wildman–Crippen LogP) is 2.61. The molecule has 2 saturated heterocycles. The summed E-state index contributed by atoms with van der Waals surface area (Å²) in [6, 6.07) is 0.619. The highest BCUT2D eigenvalue weighted by molar-refractivity contribution is 5.79. The summed E-state index contributed by atoms with van der Waals surface area (Å²) in [5, 5.41) is 0. The van der Waals surface area contributed by atoms with Crippen LogP contribution in [0.2, 0.25) is 0 Å². The van der Waals surface area contributed by atoms with Crippen molar-refractivity contribution >= 4 is 5.91 Å². The van der Waals surface area contributed by atoms with E-state index in [1.165, 1.54) is 6.42 Å². The quantitative estimate of drug-likeness (QED) is 0.784. The van der Waals surface area contributed by atoms with E-state index in [1.54, 1.807) is 0 Å². The lowest BCUT2D eigenvalue weighted by molar-refractivity contribution is -0.136. The molecule has 0 bridgehead atoms. The van der Waals surface area contributed by atoms with E-state index in [9.17, 15) is 4.79 Å². The van der Waals surface area contributed by atoms with Gasteiger partial charge in [0.25, 0.3) is 0 Å². The molecule has 0 N–H and O–H groups in total. The highest BCUT2D eigenvalue weighted by atomic mass is 16.2. The molecule has 0 radical (unpaired) electrons. The van der Waals surface area contributed by atoms with E-state index in [2.05, 4.69) is 37.5 Å². The van der Waals surface area contributed by atoms with Crippen molar-refractivity contribution in [3.63, 3.8) is 0 Å². The summed E-state index contributed by atoms with van der Waals surface area (Å²) in [4.78, 5) is 17.2. The van der Waals surface area contributed by atoms with Gasteiger partial charge in [-0.05, 0) is 58.0 Å². The summed E-state index contributed by atoms with van der Waals surface area (Å²) in [6.07, 6.45) is 3.31. The molecule has 19 heavy (non-hydrogen) atoms. The number of carbonyl (C=O) groups is 1. The van der Waals surface area contributed by atoms with Crippen molar-refractivity contribution in [3.05, 3.63) is 0 Å². The molecular weight excluding hydrogens is 236 g/mol. The van der Waals surface area contributed by atoms with E-state index in [1.807, 2.05) is 0 Å². The SMILES string of the molecule is CC(C)[C@@H]1CCN(C(=O)C2CCN(C(C)C)CC2)C1. The number of likely N-dealkylation sites (tertiary alicyclic amines) is 2. The van der Waals surface area contributed by atoms with E-state index in [4.69, 9.17) is 0 Å². The lowest BCUT2D eigenvalue weighted by Gasteiger charge is -2.35. The molecule has 3 nitrogen and oxygen atoms in total. The van der Waals surface area contributed by atoms with Gasteiger partial charge in [-0.2, -0.15) is 0 Å². The van der Waals surface area contributed by atoms with Crippen molar-refractivity contribution in [2.75, 3.05) is 26.2 Å². The Balaban J connectivity index is 1.82. The van der Waals surface area contributed by atoms with Gasteiger partial charge >= 0.3 is 0 Å². The summed E-state index contributed by atoms with van der Waals surface area (Å²) >= 11 is 0. The Morgan fingerprint density at radius 2 is 1.63 bits per heavy atom. The lowest BCUT2D eigenvalue weighted by Crippen LogP contribution is -2.44. The van der Waals surface area contributed by atoms with E-state index >= 15 is 0 Å². The van der Waals surface area contributed by atoms with E-state index < -0.39 is 0 Å². The van der Waals surface area contributed by atoms with Gasteiger partial charge in [-0.25, -0.2) is 0 Å². The monoisotopic (exact) mass is 266 g/mol. The summed E-state index contributed by atoms with van der Waals surface area (Å²) in [7, 11) is 0. The van der Waals surface area contributed by atoms with Gasteiger partial charge in [0.1, 0.15) is 0 Å². The van der Waals surface area contributed by atoms with Crippen molar-refractivity contribution in [1.82, 2.24) is 9.80 Å². The van der Waals surface area contributed by atoms with Gasteiger partial charge in [-0.15, -0.1) is 0 Å². The largest absolute Gasteiger partial charge is 0.342 e. The van der Waals surface area contributed by atoms with Crippen molar-refractivity contribution in [1.29, 1.82) is 0 Å². The molecule has 0 aromatic heterocycles. The van der Waals surface area contributed by atoms with Gasteiger partial charge < -0.3 is 9.80 Å². The summed E-state index contributed by atoms with van der Waals surface area (Å²) in [6.45, 7) is 13.2. The second kappa shape index (κ2) is 6.25. The van der Waals surface area contributed by atoms with E-state index in [-0.39, 0.29) is 0 Å². The molecule has 0 unspecified atom stereocenters. The summed E-state index contributed by atoms with van der Waals surface area (Å²) in [5.41, 5.74) is 0. The number of rotatable bonds is 3. The second-order valence-corrected chi connectivity index (χ2v) is 6.98. The molecule has 0 aromatic rings. The Morgan fingerprint density at radius 3 is 2.11 bits per heavy atom. The highest BCUT2D eigenvalue weighted by Crippen LogP contribution is 2.27. The van der Waals surface area contributed by atoms with Crippen LogP contribution in [0.25, 0.3) is 0 Å². The van der Waals surface area contributed by atoms with Crippen LogP contribution in [0.5, 0.6) is 0 Å². The van der Waals surface area contributed by atoms with Gasteiger partial charge in [0, 0.05) is 25.0 Å². The standard InChI is InChI=1S/C16H30N2O/c1-12(2)15-7-10-18(11-15)16(19)14-5-8-17(9-6-14)13(3)4/h12-15H,5-11H2,1-4H3/t15-/m1/s1. The van der Waals surface area contributed by atoms with Gasteiger partial charge in [0.15, 0.2) is 0 Å². The van der Waals surface area contributed by atoms with Crippen LogP contribution in [0.15, 0.2) is 0 Å². The molecule has 2 aliphatic rings. The van der Waals surface area contributed by atoms with Gasteiger partial charge in [0.05, 0.1) is 0 Å². The smallest absolute Gasteiger partial charge is 0.225 e. The van der Waals surface area contributed by atoms with Crippen molar-refractivity contribution in [2.45, 2.75) is 53.0 Å². The maximum Gasteiger partial charge on any atom is 0.225 e. The molecule has 2 rings (SSSR count). The van der Waals surface area contributed by atoms with Crippen LogP contribution in [0, 0.1) is 17.8 Å². The average Bonchev–Trinajstić information content (AvgIpc) is 2.87. The first kappa shape index (κ1) is 14.8. The minimum absolute atomic E-state index is 0.293. The summed E-state index contributed by atoms with van der Waals surface area (Å²) < 4.78 is 0. The third-order valence-corrected chi connectivity index (χ3v) is 5.09. The van der Waals surface area contributed by atoms with Crippen LogP contribution in [0.4, 0.5) is 0 Å². The molecule has 2 heterocycles. The van der Waals surface area contributed by atoms with Crippen LogP contribution in [-0.4, -0.2) is 47.9 Å². The van der Waals surface area contributed by atoms with Crippen LogP contribution < -0.4 is 0 Å². The summed E-state index contributed by atoms with van der Waals surface area (Å²) in [5.74, 6) is 2.16. The molecule has 0 saturated carbocycles. The highest BCUT2D eigenvalue weighted by Gasteiger charge is 2.33. The maximum absolute atomic E-state index is 12.6. The van der Waals surface area contributed by atoms with Crippen molar-refractivity contribution in [2.24, 2.45) is 17.8 Å². The fourth-order valence-corrected chi connectivity index (χ4v) is 3.45. The number of nitrogens with zero attached hydrogens (tertiary/aromatic N) is 2. The molecule has 2 fully saturated rings. The third-order valence-electron chi connectivity index (χ3n) is 5.09. The number of piperidine rings is 1. The predicted molar refractivity (Wildman–Crippen MR) is 79.0 cm³/mol. The molecule has 0 spiro atoms. The molecule has 110 valence electrons. The van der Waals surface area contributed by atoms with Crippen LogP contribution in [0.1, 0.15) is 47.0 Å². The minimum atomic E-state index is 0.293. The molecule has 2 aliphatic heterocycles. The number of carbonyl (C=O) groups excluding carboxylic acids is 1. The zero-order valence-electron chi connectivity index (χ0n) is 13.1. The minimum Gasteiger partial charge on any atom is -0.342 e. The molecule has 3 heteroatoms. The Morgan fingerprint density at radius 1 is 1.00 bits per heavy atom. The number of hydrogen-bond donors (Lipinski definition) is 0. The fourth-order valence-electron chi connectivity index (χ4n) is 3.45. The number of amides is 1. The van der Waals surface area contributed by atoms with Crippen molar-refractivity contribution in [3.8, 4) is 0 Å². The molecular formula is C16H30N2O. The second-order valence-electron chi connectivity index (χ2n) is 6.98. The van der Waals surface area contributed by atoms with Crippen molar-refractivity contribution < 1.29 is 4.79 Å². The van der Waals surface area contributed by atoms with E-state index in [0.29, 0.717) is 23.8 Å². The molecule has 0 aromatic carbocycles. The number of hydrogen-bond acceptors (Lipinski definition) is 2. The normalized spacial score (nSPS) is 26.6. The topological polar surface area (TPSA) is 23.6 Å². The fraction of sp³-hybridized carbons (Fsp3) is 0.938. The average molecular weight is 266 g/mol. The van der Waals surface area contributed by atoms with Gasteiger partial charge in [-0.3, -0.25) is 4.79 Å². The first-order chi connectivity index (χ1) is 8.99. The maximum atomic E-state index is 12.6. The van der Waals surface area contributed by atoms with E-state index in [0.717, 1.165) is 44.9 Å². The first-order valence-electron chi connectivity index (χ1n) is 8.02. The zero-order valence-corrected chi connectivity index (χ0v) is 13.1. The zero-order chi connectivity index (χ0) is 14.0. The Hall–Kier alpha value is -0.570. The van der Waals surface area contributed by atoms with Crippen LogP contribution in [0.3, 0.4) is 0 Å². The Bertz CT molecular complexity index is 306. The van der Waals surface area contributed by atoms with Crippen LogP contribution >= 0.6 is 0 Å². The molecule has 0 aliphatic carbocycles. The Labute approximate surface area is 118 Å². The Kier molecular flexibility index (Phi) is 4.88. The molecule has 1 atom stereocenters. The molecule has 1 amide bonds. The first-order valence-corrected chi connectivity index (χ1v) is 8.02. The third kappa shape index (κ3) is 3.50. The van der Waals surface area contributed by atoms with Crippen LogP contribution in [-0.2, 0) is 4.79 Å².